The molecule has 2 amide bonds. The molecule has 5 nitrogen and oxygen atoms in total. The summed E-state index contributed by atoms with van der Waals surface area (Å²) in [7, 11) is 0. The van der Waals surface area contributed by atoms with Gasteiger partial charge in [-0.15, -0.1) is 0 Å². The van der Waals surface area contributed by atoms with Crippen LogP contribution in [0.25, 0.3) is 0 Å². The van der Waals surface area contributed by atoms with Gasteiger partial charge in [-0.2, -0.15) is 0 Å². The Labute approximate surface area is 143 Å². The predicted molar refractivity (Wildman–Crippen MR) is 91.3 cm³/mol. The Balaban J connectivity index is 1.22. The number of carbonyl (C=O) groups is 2. The van der Waals surface area contributed by atoms with Gasteiger partial charge in [0.2, 0.25) is 11.8 Å². The fraction of sp³-hybridized carbons (Fsp3) is 0.579. The molecule has 2 fully saturated rings. The van der Waals surface area contributed by atoms with Crippen molar-refractivity contribution in [2.45, 2.75) is 38.3 Å². The van der Waals surface area contributed by atoms with Crippen molar-refractivity contribution in [1.82, 2.24) is 15.1 Å². The van der Waals surface area contributed by atoms with E-state index in [2.05, 4.69) is 34.5 Å². The lowest BCUT2D eigenvalue weighted by Crippen LogP contribution is -2.40. The Bertz CT molecular complexity index is 641. The number of rotatable bonds is 5. The Morgan fingerprint density at radius 3 is 2.79 bits per heavy atom. The largest absolute Gasteiger partial charge is 0.355 e. The summed E-state index contributed by atoms with van der Waals surface area (Å²) >= 11 is 0. The number of hydrogen-bond donors (Lipinski definition) is 1. The molecule has 0 aromatic heterocycles. The topological polar surface area (TPSA) is 52.7 Å². The number of fused-ring (bicyclic) bond motifs is 1. The van der Waals surface area contributed by atoms with Crippen molar-refractivity contribution >= 4 is 11.8 Å². The molecule has 1 aromatic carbocycles. The first kappa shape index (κ1) is 15.6. The number of nitrogens with one attached hydrogen (secondary N) is 1. The third-order valence-corrected chi connectivity index (χ3v) is 5.45. The van der Waals surface area contributed by atoms with E-state index in [1.807, 2.05) is 4.90 Å². The van der Waals surface area contributed by atoms with Crippen molar-refractivity contribution in [1.29, 1.82) is 0 Å². The van der Waals surface area contributed by atoms with Crippen molar-refractivity contribution in [2.75, 3.05) is 26.2 Å². The smallest absolute Gasteiger partial charge is 0.225 e. The average molecular weight is 327 g/mol. The van der Waals surface area contributed by atoms with Crippen molar-refractivity contribution < 1.29 is 9.59 Å². The summed E-state index contributed by atoms with van der Waals surface area (Å²) in [6.45, 7) is 4.16. The maximum Gasteiger partial charge on any atom is 0.225 e. The van der Waals surface area contributed by atoms with E-state index in [0.29, 0.717) is 25.6 Å². The van der Waals surface area contributed by atoms with E-state index < -0.39 is 0 Å². The van der Waals surface area contributed by atoms with Gasteiger partial charge >= 0.3 is 0 Å². The van der Waals surface area contributed by atoms with Gasteiger partial charge in [-0.25, -0.2) is 0 Å². The Morgan fingerprint density at radius 1 is 1.21 bits per heavy atom. The molecule has 1 aromatic rings. The SMILES string of the molecule is O=C(NCCN1CCc2ccccc2C1)[C@H]1CC(=O)N(C2CC2)C1. The lowest BCUT2D eigenvalue weighted by Gasteiger charge is -2.28. The molecule has 2 aliphatic heterocycles. The van der Waals surface area contributed by atoms with E-state index in [9.17, 15) is 9.59 Å². The molecule has 2 heterocycles. The van der Waals surface area contributed by atoms with Crippen LogP contribution in [0.1, 0.15) is 30.4 Å². The van der Waals surface area contributed by atoms with Crippen LogP contribution in [0.15, 0.2) is 24.3 Å². The van der Waals surface area contributed by atoms with Gasteiger partial charge in [0.25, 0.3) is 0 Å². The summed E-state index contributed by atoms with van der Waals surface area (Å²) in [5.74, 6) is 0.0504. The molecule has 0 radical (unpaired) electrons. The minimum atomic E-state index is -0.153. The van der Waals surface area contributed by atoms with E-state index in [0.717, 1.165) is 38.9 Å². The zero-order chi connectivity index (χ0) is 16.5. The Kier molecular flexibility index (Phi) is 4.27. The summed E-state index contributed by atoms with van der Waals surface area (Å²) < 4.78 is 0. The first-order valence-corrected chi connectivity index (χ1v) is 9.07. The molecule has 24 heavy (non-hydrogen) atoms. The second-order valence-corrected chi connectivity index (χ2v) is 7.26. The molecule has 0 unspecified atom stereocenters. The first-order valence-electron chi connectivity index (χ1n) is 9.07. The van der Waals surface area contributed by atoms with Gasteiger partial charge in [0.15, 0.2) is 0 Å². The number of likely N-dealkylation sites (tertiary alicyclic amines) is 1. The summed E-state index contributed by atoms with van der Waals surface area (Å²) in [6.07, 6.45) is 3.68. The molecule has 1 saturated heterocycles. The van der Waals surface area contributed by atoms with E-state index >= 15 is 0 Å². The number of amides is 2. The second-order valence-electron chi connectivity index (χ2n) is 7.26. The zero-order valence-electron chi connectivity index (χ0n) is 14.0. The minimum absolute atomic E-state index is 0.0453. The molecule has 5 heteroatoms. The molecule has 3 aliphatic rings. The number of nitrogens with zero attached hydrogens (tertiary/aromatic N) is 2. The van der Waals surface area contributed by atoms with Crippen molar-refractivity contribution in [3.63, 3.8) is 0 Å². The van der Waals surface area contributed by atoms with Gasteiger partial charge in [0.1, 0.15) is 0 Å². The monoisotopic (exact) mass is 327 g/mol. The van der Waals surface area contributed by atoms with Crippen LogP contribution in [0.5, 0.6) is 0 Å². The summed E-state index contributed by atoms with van der Waals surface area (Å²) in [5, 5.41) is 3.04. The van der Waals surface area contributed by atoms with Crippen LogP contribution in [-0.2, 0) is 22.6 Å². The van der Waals surface area contributed by atoms with Gasteiger partial charge < -0.3 is 10.2 Å². The fourth-order valence-corrected chi connectivity index (χ4v) is 3.87. The molecule has 1 atom stereocenters. The zero-order valence-corrected chi connectivity index (χ0v) is 14.0. The van der Waals surface area contributed by atoms with Gasteiger partial charge in [-0.05, 0) is 30.4 Å². The van der Waals surface area contributed by atoms with Crippen molar-refractivity contribution in [2.24, 2.45) is 5.92 Å². The standard InChI is InChI=1S/C19H25N3O2/c23-18-11-16(13-22(18)17-5-6-17)19(24)20-8-10-21-9-7-14-3-1-2-4-15(14)12-21/h1-4,16-17H,5-13H2,(H,20,24)/t16-/m0/s1. The highest BCUT2D eigenvalue weighted by atomic mass is 16.2. The summed E-state index contributed by atoms with van der Waals surface area (Å²) in [6, 6.07) is 9.01. The lowest BCUT2D eigenvalue weighted by atomic mass is 10.00. The quantitative estimate of drug-likeness (QED) is 0.883. The number of hydrogen-bond acceptors (Lipinski definition) is 3. The maximum atomic E-state index is 12.3. The molecule has 4 rings (SSSR count). The van der Waals surface area contributed by atoms with Crippen LogP contribution in [-0.4, -0.2) is 53.8 Å². The van der Waals surface area contributed by atoms with Gasteiger partial charge in [0, 0.05) is 45.2 Å². The van der Waals surface area contributed by atoms with E-state index in [1.165, 1.54) is 11.1 Å². The molecule has 128 valence electrons. The molecule has 0 spiro atoms. The van der Waals surface area contributed by atoms with E-state index in [-0.39, 0.29) is 17.7 Å². The lowest BCUT2D eigenvalue weighted by molar-refractivity contribution is -0.129. The summed E-state index contributed by atoms with van der Waals surface area (Å²) in [5.41, 5.74) is 2.85. The van der Waals surface area contributed by atoms with Crippen molar-refractivity contribution in [3.05, 3.63) is 35.4 Å². The van der Waals surface area contributed by atoms with E-state index in [1.54, 1.807) is 0 Å². The van der Waals surface area contributed by atoms with Crippen LogP contribution in [0.2, 0.25) is 0 Å². The Morgan fingerprint density at radius 2 is 2.00 bits per heavy atom. The highest BCUT2D eigenvalue weighted by molar-refractivity contribution is 5.89. The van der Waals surface area contributed by atoms with Crippen LogP contribution < -0.4 is 5.32 Å². The van der Waals surface area contributed by atoms with Gasteiger partial charge in [-0.1, -0.05) is 24.3 Å². The Hall–Kier alpha value is -1.88. The molecular formula is C19H25N3O2. The van der Waals surface area contributed by atoms with Gasteiger partial charge in [-0.3, -0.25) is 14.5 Å². The highest BCUT2D eigenvalue weighted by Gasteiger charge is 2.41. The third-order valence-electron chi connectivity index (χ3n) is 5.45. The fourth-order valence-electron chi connectivity index (χ4n) is 3.87. The van der Waals surface area contributed by atoms with E-state index in [4.69, 9.17) is 0 Å². The molecule has 0 bridgehead atoms. The average Bonchev–Trinajstić information content (AvgIpc) is 3.36. The van der Waals surface area contributed by atoms with Crippen LogP contribution in [0.3, 0.4) is 0 Å². The molecule has 1 N–H and O–H groups in total. The van der Waals surface area contributed by atoms with Crippen molar-refractivity contribution in [3.8, 4) is 0 Å². The van der Waals surface area contributed by atoms with Crippen LogP contribution in [0, 0.1) is 5.92 Å². The number of carbonyl (C=O) groups excluding carboxylic acids is 2. The predicted octanol–water partition coefficient (Wildman–Crippen LogP) is 1.17. The minimum Gasteiger partial charge on any atom is -0.355 e. The van der Waals surface area contributed by atoms with Crippen LogP contribution in [0.4, 0.5) is 0 Å². The number of benzene rings is 1. The van der Waals surface area contributed by atoms with Crippen LogP contribution >= 0.6 is 0 Å². The second kappa shape index (κ2) is 6.55. The molecular weight excluding hydrogens is 302 g/mol. The maximum absolute atomic E-state index is 12.3. The summed E-state index contributed by atoms with van der Waals surface area (Å²) in [4.78, 5) is 28.6. The molecule has 1 aliphatic carbocycles. The highest BCUT2D eigenvalue weighted by Crippen LogP contribution is 2.32. The van der Waals surface area contributed by atoms with Gasteiger partial charge in [0.05, 0.1) is 5.92 Å². The first-order chi connectivity index (χ1) is 11.7. The third kappa shape index (κ3) is 3.31. The normalized spacial score (nSPS) is 24.1. The molecule has 1 saturated carbocycles.